The minimum Gasteiger partial charge on any atom is -0.457 e. The molecule has 7 nitrogen and oxygen atoms in total. The summed E-state index contributed by atoms with van der Waals surface area (Å²) in [7, 11) is 0. The number of morpholine rings is 1. The van der Waals surface area contributed by atoms with E-state index in [1.807, 2.05) is 25.7 Å². The number of cyclic esters (lactones) is 1. The van der Waals surface area contributed by atoms with Gasteiger partial charge in [-0.3, -0.25) is 14.5 Å². The van der Waals surface area contributed by atoms with Crippen LogP contribution >= 0.6 is 0 Å². The summed E-state index contributed by atoms with van der Waals surface area (Å²) in [5.74, 6) is -1.37. The topological polar surface area (TPSA) is 98.7 Å². The number of carbonyl (C=O) groups is 2. The van der Waals surface area contributed by atoms with Crippen molar-refractivity contribution in [3.63, 3.8) is 0 Å². The fourth-order valence-electron chi connectivity index (χ4n) is 3.15. The summed E-state index contributed by atoms with van der Waals surface area (Å²) in [6, 6.07) is -0.757. The van der Waals surface area contributed by atoms with Gasteiger partial charge in [-0.1, -0.05) is 12.1 Å². The molecule has 22 heavy (non-hydrogen) atoms. The zero-order valence-corrected chi connectivity index (χ0v) is 13.7. The number of rotatable bonds is 4. The minimum atomic E-state index is -0.838. The third-order valence-corrected chi connectivity index (χ3v) is 4.02. The molecule has 0 aliphatic carbocycles. The van der Waals surface area contributed by atoms with Crippen LogP contribution in [-0.4, -0.2) is 46.7 Å². The van der Waals surface area contributed by atoms with E-state index in [-0.39, 0.29) is 0 Å². The van der Waals surface area contributed by atoms with Crippen molar-refractivity contribution in [2.45, 2.75) is 52.2 Å². The number of hydrogen-bond acceptors (Lipinski definition) is 6. The van der Waals surface area contributed by atoms with E-state index in [1.165, 1.54) is 0 Å². The Kier molecular flexibility index (Phi) is 4.28. The van der Waals surface area contributed by atoms with Crippen molar-refractivity contribution < 1.29 is 18.8 Å². The number of amides is 1. The van der Waals surface area contributed by atoms with Gasteiger partial charge in [0.25, 0.3) is 0 Å². The molecule has 2 N–H and O–H groups in total. The Morgan fingerprint density at radius 3 is 2.59 bits per heavy atom. The van der Waals surface area contributed by atoms with Gasteiger partial charge in [0.05, 0.1) is 11.6 Å². The predicted molar refractivity (Wildman–Crippen MR) is 79.1 cm³/mol. The van der Waals surface area contributed by atoms with Gasteiger partial charge in [0.2, 0.25) is 5.91 Å². The summed E-state index contributed by atoms with van der Waals surface area (Å²) in [5.41, 5.74) is 6.15. The summed E-state index contributed by atoms with van der Waals surface area (Å²) in [5, 5.41) is 3.87. The second kappa shape index (κ2) is 5.72. The molecule has 1 aromatic heterocycles. The second-order valence-corrected chi connectivity index (χ2v) is 6.31. The Bertz CT molecular complexity index is 574. The summed E-state index contributed by atoms with van der Waals surface area (Å²) in [4.78, 5) is 26.5. The number of hydrogen-bond donors (Lipinski definition) is 1. The average Bonchev–Trinajstić information content (AvgIpc) is 2.71. The lowest BCUT2D eigenvalue weighted by atomic mass is 9.86. The van der Waals surface area contributed by atoms with E-state index in [9.17, 15) is 9.59 Å². The number of ether oxygens (including phenoxy) is 1. The number of aromatic nitrogens is 1. The van der Waals surface area contributed by atoms with Gasteiger partial charge >= 0.3 is 5.97 Å². The number of esters is 1. The van der Waals surface area contributed by atoms with E-state index in [2.05, 4.69) is 5.16 Å². The van der Waals surface area contributed by atoms with E-state index in [4.69, 9.17) is 15.0 Å². The van der Waals surface area contributed by atoms with Crippen molar-refractivity contribution in [1.29, 1.82) is 0 Å². The van der Waals surface area contributed by atoms with Crippen molar-refractivity contribution in [2.24, 2.45) is 5.73 Å². The molecule has 0 bridgehead atoms. The lowest BCUT2D eigenvalue weighted by Gasteiger charge is -2.44. The number of nitrogens with two attached hydrogens (primary N) is 1. The quantitative estimate of drug-likeness (QED) is 0.829. The highest BCUT2D eigenvalue weighted by molar-refractivity contribution is 5.91. The molecule has 2 atom stereocenters. The molecule has 0 spiro atoms. The van der Waals surface area contributed by atoms with Crippen LogP contribution in [0.15, 0.2) is 4.52 Å². The largest absolute Gasteiger partial charge is 0.457 e. The maximum absolute atomic E-state index is 12.5. The predicted octanol–water partition coefficient (Wildman–Crippen LogP) is 0.886. The standard InChI is InChI=1S/C15H23N3O4/c1-6-18-7-15(4,5)21-14(20)12(18)11(13(16)19)10-8(2)17-22-9(10)3/h11-12H,6-7H2,1-5H3,(H2,16,19). The molecule has 2 unspecified atom stereocenters. The minimum absolute atomic E-state index is 0.443. The first kappa shape index (κ1) is 16.5. The fourth-order valence-corrected chi connectivity index (χ4v) is 3.15. The smallest absolute Gasteiger partial charge is 0.325 e. The lowest BCUT2D eigenvalue weighted by Crippen LogP contribution is -2.60. The normalized spacial score (nSPS) is 23.1. The zero-order valence-electron chi connectivity index (χ0n) is 13.7. The van der Waals surface area contributed by atoms with E-state index in [1.54, 1.807) is 13.8 Å². The van der Waals surface area contributed by atoms with E-state index in [0.29, 0.717) is 30.1 Å². The molecule has 2 rings (SSSR count). The molecule has 1 aliphatic heterocycles. The van der Waals surface area contributed by atoms with Crippen molar-refractivity contribution in [1.82, 2.24) is 10.1 Å². The van der Waals surface area contributed by atoms with Crippen LogP contribution in [0.25, 0.3) is 0 Å². The van der Waals surface area contributed by atoms with Crippen molar-refractivity contribution in [3.05, 3.63) is 17.0 Å². The van der Waals surface area contributed by atoms with Crippen LogP contribution in [0.4, 0.5) is 0 Å². The summed E-state index contributed by atoms with van der Waals surface area (Å²) in [6.45, 7) is 10.2. The van der Waals surface area contributed by atoms with E-state index in [0.717, 1.165) is 0 Å². The Balaban J connectivity index is 2.48. The molecular weight excluding hydrogens is 286 g/mol. The molecule has 1 aliphatic rings. The first-order valence-corrected chi connectivity index (χ1v) is 7.37. The van der Waals surface area contributed by atoms with Crippen molar-refractivity contribution in [2.75, 3.05) is 13.1 Å². The second-order valence-electron chi connectivity index (χ2n) is 6.31. The summed E-state index contributed by atoms with van der Waals surface area (Å²) >= 11 is 0. The van der Waals surface area contributed by atoms with Crippen molar-refractivity contribution >= 4 is 11.9 Å². The molecule has 1 fully saturated rings. The Hall–Kier alpha value is -1.89. The molecule has 0 saturated carbocycles. The average molecular weight is 309 g/mol. The van der Waals surface area contributed by atoms with Crippen LogP contribution < -0.4 is 5.73 Å². The number of carbonyl (C=O) groups excluding carboxylic acids is 2. The first-order valence-electron chi connectivity index (χ1n) is 7.37. The van der Waals surface area contributed by atoms with Gasteiger partial charge in [-0.05, 0) is 34.2 Å². The van der Waals surface area contributed by atoms with Gasteiger partial charge in [0.1, 0.15) is 17.4 Å². The maximum Gasteiger partial charge on any atom is 0.325 e. The molecule has 1 amide bonds. The highest BCUT2D eigenvalue weighted by atomic mass is 16.6. The van der Waals surface area contributed by atoms with Gasteiger partial charge in [-0.25, -0.2) is 0 Å². The molecule has 0 radical (unpaired) electrons. The summed E-state index contributed by atoms with van der Waals surface area (Å²) < 4.78 is 10.6. The molecule has 1 aromatic rings. The van der Waals surface area contributed by atoms with Crippen molar-refractivity contribution in [3.8, 4) is 0 Å². The third kappa shape index (κ3) is 2.85. The van der Waals surface area contributed by atoms with Gasteiger partial charge in [0, 0.05) is 12.1 Å². The number of aryl methyl sites for hydroxylation is 2. The molecular formula is C15H23N3O4. The Morgan fingerprint density at radius 1 is 1.50 bits per heavy atom. The number of nitrogens with zero attached hydrogens (tertiary/aromatic N) is 2. The zero-order chi connectivity index (χ0) is 16.7. The monoisotopic (exact) mass is 309 g/mol. The van der Waals surface area contributed by atoms with Crippen LogP contribution in [0, 0.1) is 13.8 Å². The highest BCUT2D eigenvalue weighted by Gasteiger charge is 2.47. The van der Waals surface area contributed by atoms with Crippen LogP contribution in [0.3, 0.4) is 0 Å². The molecule has 122 valence electrons. The lowest BCUT2D eigenvalue weighted by molar-refractivity contribution is -0.180. The van der Waals surface area contributed by atoms with Crippen LogP contribution in [-0.2, 0) is 14.3 Å². The van der Waals surface area contributed by atoms with E-state index < -0.39 is 29.4 Å². The van der Waals surface area contributed by atoms with Crippen LogP contribution in [0.1, 0.15) is 43.7 Å². The molecule has 0 aromatic carbocycles. The van der Waals surface area contributed by atoms with Gasteiger partial charge in [-0.2, -0.15) is 0 Å². The first-order chi connectivity index (χ1) is 10.2. The van der Waals surface area contributed by atoms with Gasteiger partial charge in [-0.15, -0.1) is 0 Å². The molecule has 1 saturated heterocycles. The third-order valence-electron chi connectivity index (χ3n) is 4.02. The molecule has 2 heterocycles. The fraction of sp³-hybridized carbons (Fsp3) is 0.667. The maximum atomic E-state index is 12.5. The highest BCUT2D eigenvalue weighted by Crippen LogP contribution is 2.34. The van der Waals surface area contributed by atoms with Gasteiger partial charge in [0.15, 0.2) is 0 Å². The molecule has 7 heteroatoms. The number of primary amides is 1. The van der Waals surface area contributed by atoms with Crippen LogP contribution in [0.2, 0.25) is 0 Å². The number of likely N-dealkylation sites (N-methyl/N-ethyl adjacent to an activating group) is 1. The Morgan fingerprint density at radius 2 is 2.14 bits per heavy atom. The summed E-state index contributed by atoms with van der Waals surface area (Å²) in [6.07, 6.45) is 0. The van der Waals surface area contributed by atoms with Gasteiger partial charge < -0.3 is 15.0 Å². The SMILES string of the molecule is CCN1CC(C)(C)OC(=O)C1C(C(N)=O)c1c(C)noc1C. The Labute approximate surface area is 129 Å². The van der Waals surface area contributed by atoms with E-state index >= 15 is 0 Å². The van der Waals surface area contributed by atoms with Crippen LogP contribution in [0.5, 0.6) is 0 Å².